The molecule has 0 saturated heterocycles. The SMILES string of the molecule is COC(=O)CCc1cc(Cl)c(OCCOCCCCO)c(Cl)c1. The molecule has 0 aliphatic rings. The van der Waals surface area contributed by atoms with E-state index in [0.29, 0.717) is 42.0 Å². The summed E-state index contributed by atoms with van der Waals surface area (Å²) in [6, 6.07) is 3.46. The van der Waals surface area contributed by atoms with Crippen LogP contribution in [0, 0.1) is 0 Å². The van der Waals surface area contributed by atoms with Gasteiger partial charge in [-0.05, 0) is 37.0 Å². The van der Waals surface area contributed by atoms with Crippen molar-refractivity contribution in [1.82, 2.24) is 0 Å². The van der Waals surface area contributed by atoms with E-state index in [1.807, 2.05) is 0 Å². The van der Waals surface area contributed by atoms with Crippen LogP contribution in [0.3, 0.4) is 0 Å². The lowest BCUT2D eigenvalue weighted by Gasteiger charge is -2.12. The van der Waals surface area contributed by atoms with Gasteiger partial charge in [-0.1, -0.05) is 23.2 Å². The fraction of sp³-hybridized carbons (Fsp3) is 0.562. The standard InChI is InChI=1S/C16H22Cl2O5/c1-21-15(20)5-4-12-10-13(17)16(14(18)11-12)23-9-8-22-7-3-2-6-19/h10-11,19H,2-9H2,1H3. The van der Waals surface area contributed by atoms with Crippen LogP contribution in [0.4, 0.5) is 0 Å². The molecule has 0 fully saturated rings. The normalized spacial score (nSPS) is 10.6. The summed E-state index contributed by atoms with van der Waals surface area (Å²) in [6.45, 7) is 1.51. The minimum absolute atomic E-state index is 0.174. The molecule has 0 heterocycles. The molecule has 0 aromatic heterocycles. The summed E-state index contributed by atoms with van der Waals surface area (Å²) in [5.41, 5.74) is 0.845. The number of carbonyl (C=O) groups excluding carboxylic acids is 1. The second-order valence-electron chi connectivity index (χ2n) is 4.86. The number of aryl methyl sites for hydroxylation is 1. The van der Waals surface area contributed by atoms with Gasteiger partial charge < -0.3 is 19.3 Å². The van der Waals surface area contributed by atoms with Crippen LogP contribution in [0.25, 0.3) is 0 Å². The molecule has 1 aromatic rings. The number of aliphatic hydroxyl groups is 1. The topological polar surface area (TPSA) is 65.0 Å². The van der Waals surface area contributed by atoms with Gasteiger partial charge in [-0.15, -0.1) is 0 Å². The van der Waals surface area contributed by atoms with E-state index in [9.17, 15) is 4.79 Å². The molecule has 1 rings (SSSR count). The number of unbranched alkanes of at least 4 members (excludes halogenated alkanes) is 1. The number of carbonyl (C=O) groups is 1. The van der Waals surface area contributed by atoms with E-state index in [-0.39, 0.29) is 19.0 Å². The molecule has 0 radical (unpaired) electrons. The smallest absolute Gasteiger partial charge is 0.305 e. The van der Waals surface area contributed by atoms with Crippen molar-refractivity contribution in [1.29, 1.82) is 0 Å². The summed E-state index contributed by atoms with van der Waals surface area (Å²) < 4.78 is 15.5. The zero-order valence-electron chi connectivity index (χ0n) is 13.1. The first-order chi connectivity index (χ1) is 11.1. The molecule has 5 nitrogen and oxygen atoms in total. The van der Waals surface area contributed by atoms with Gasteiger partial charge in [-0.2, -0.15) is 0 Å². The number of esters is 1. The van der Waals surface area contributed by atoms with Crippen LogP contribution in [0.2, 0.25) is 10.0 Å². The Morgan fingerprint density at radius 3 is 2.43 bits per heavy atom. The fourth-order valence-electron chi connectivity index (χ4n) is 1.86. The molecule has 0 amide bonds. The first-order valence-corrected chi connectivity index (χ1v) is 8.20. The van der Waals surface area contributed by atoms with E-state index in [1.165, 1.54) is 7.11 Å². The third kappa shape index (κ3) is 7.88. The average Bonchev–Trinajstić information content (AvgIpc) is 2.53. The molecular weight excluding hydrogens is 343 g/mol. The summed E-state index contributed by atoms with van der Waals surface area (Å²) in [4.78, 5) is 11.1. The van der Waals surface area contributed by atoms with Crippen molar-refractivity contribution >= 4 is 29.2 Å². The predicted molar refractivity (Wildman–Crippen MR) is 89.4 cm³/mol. The largest absolute Gasteiger partial charge is 0.488 e. The highest BCUT2D eigenvalue weighted by Crippen LogP contribution is 2.34. The Bertz CT molecular complexity index is 470. The van der Waals surface area contributed by atoms with Crippen LogP contribution in [0.1, 0.15) is 24.8 Å². The Labute approximate surface area is 146 Å². The van der Waals surface area contributed by atoms with E-state index in [2.05, 4.69) is 4.74 Å². The van der Waals surface area contributed by atoms with Crippen LogP contribution < -0.4 is 4.74 Å². The van der Waals surface area contributed by atoms with Crippen molar-refractivity contribution in [3.63, 3.8) is 0 Å². The van der Waals surface area contributed by atoms with Gasteiger partial charge in [-0.3, -0.25) is 4.79 Å². The number of aliphatic hydroxyl groups excluding tert-OH is 1. The number of hydrogen-bond acceptors (Lipinski definition) is 5. The minimum atomic E-state index is -0.282. The van der Waals surface area contributed by atoms with Gasteiger partial charge in [-0.25, -0.2) is 0 Å². The van der Waals surface area contributed by atoms with Crippen molar-refractivity contribution < 1.29 is 24.1 Å². The summed E-state index contributed by atoms with van der Waals surface area (Å²) >= 11 is 12.3. The highest BCUT2D eigenvalue weighted by molar-refractivity contribution is 6.37. The summed E-state index contributed by atoms with van der Waals surface area (Å²) in [7, 11) is 1.35. The van der Waals surface area contributed by atoms with Crippen LogP contribution in [-0.2, 0) is 20.7 Å². The van der Waals surface area contributed by atoms with Gasteiger partial charge in [0, 0.05) is 19.6 Å². The summed E-state index contributed by atoms with van der Waals surface area (Å²) in [5, 5.41) is 9.45. The molecule has 1 N–H and O–H groups in total. The molecule has 0 aliphatic carbocycles. The first-order valence-electron chi connectivity index (χ1n) is 7.44. The molecule has 0 aliphatic heterocycles. The Balaban J connectivity index is 2.42. The fourth-order valence-corrected chi connectivity index (χ4v) is 2.51. The molecule has 23 heavy (non-hydrogen) atoms. The molecule has 0 saturated carbocycles. The van der Waals surface area contributed by atoms with E-state index in [0.717, 1.165) is 18.4 Å². The van der Waals surface area contributed by atoms with Crippen molar-refractivity contribution in [2.24, 2.45) is 0 Å². The van der Waals surface area contributed by atoms with Crippen molar-refractivity contribution in [3.05, 3.63) is 27.7 Å². The number of rotatable bonds is 11. The zero-order valence-corrected chi connectivity index (χ0v) is 14.7. The molecule has 7 heteroatoms. The molecule has 0 bridgehead atoms. The molecular formula is C16H22Cl2O5. The number of methoxy groups -OCH3 is 1. The van der Waals surface area contributed by atoms with Gasteiger partial charge in [0.2, 0.25) is 0 Å². The Morgan fingerprint density at radius 1 is 1.13 bits per heavy atom. The van der Waals surface area contributed by atoms with Crippen LogP contribution in [-0.4, -0.2) is 44.6 Å². The molecule has 0 spiro atoms. The summed E-state index contributed by atoms with van der Waals surface area (Å²) in [5.74, 6) is 0.130. The van der Waals surface area contributed by atoms with Crippen molar-refractivity contribution in [2.75, 3.05) is 33.5 Å². The highest BCUT2D eigenvalue weighted by Gasteiger charge is 2.11. The Kier molecular flexibility index (Phi) is 10.0. The van der Waals surface area contributed by atoms with Crippen LogP contribution in [0.15, 0.2) is 12.1 Å². The predicted octanol–water partition coefficient (Wildman–Crippen LogP) is 3.27. The summed E-state index contributed by atoms with van der Waals surface area (Å²) in [6.07, 6.45) is 2.31. The third-order valence-electron chi connectivity index (χ3n) is 3.07. The second-order valence-corrected chi connectivity index (χ2v) is 5.67. The average molecular weight is 365 g/mol. The number of hydrogen-bond donors (Lipinski definition) is 1. The zero-order chi connectivity index (χ0) is 17.1. The van der Waals surface area contributed by atoms with Crippen molar-refractivity contribution in [3.8, 4) is 5.75 Å². The minimum Gasteiger partial charge on any atom is -0.488 e. The maximum Gasteiger partial charge on any atom is 0.305 e. The molecule has 0 unspecified atom stereocenters. The lowest BCUT2D eigenvalue weighted by molar-refractivity contribution is -0.140. The molecule has 1 aromatic carbocycles. The Hall–Kier alpha value is -1.01. The highest BCUT2D eigenvalue weighted by atomic mass is 35.5. The van der Waals surface area contributed by atoms with Gasteiger partial charge in [0.15, 0.2) is 5.75 Å². The number of halogens is 2. The van der Waals surface area contributed by atoms with E-state index >= 15 is 0 Å². The van der Waals surface area contributed by atoms with Crippen LogP contribution in [0.5, 0.6) is 5.75 Å². The first kappa shape index (κ1) is 20.0. The van der Waals surface area contributed by atoms with Gasteiger partial charge in [0.25, 0.3) is 0 Å². The van der Waals surface area contributed by atoms with Crippen LogP contribution >= 0.6 is 23.2 Å². The Morgan fingerprint density at radius 2 is 1.83 bits per heavy atom. The maximum absolute atomic E-state index is 11.1. The van der Waals surface area contributed by atoms with Gasteiger partial charge in [0.1, 0.15) is 6.61 Å². The monoisotopic (exact) mass is 364 g/mol. The quantitative estimate of drug-likeness (QED) is 0.482. The van der Waals surface area contributed by atoms with E-state index < -0.39 is 0 Å². The van der Waals surface area contributed by atoms with Gasteiger partial charge >= 0.3 is 5.97 Å². The maximum atomic E-state index is 11.1. The van der Waals surface area contributed by atoms with E-state index in [4.69, 9.17) is 37.8 Å². The molecule has 130 valence electrons. The number of ether oxygens (including phenoxy) is 3. The second kappa shape index (κ2) is 11.5. The molecule has 0 atom stereocenters. The van der Waals surface area contributed by atoms with E-state index in [1.54, 1.807) is 12.1 Å². The lowest BCUT2D eigenvalue weighted by Crippen LogP contribution is -2.08. The van der Waals surface area contributed by atoms with Gasteiger partial charge in [0.05, 0.1) is 23.8 Å². The lowest BCUT2D eigenvalue weighted by atomic mass is 10.1. The third-order valence-corrected chi connectivity index (χ3v) is 3.64. The van der Waals surface area contributed by atoms with Crippen molar-refractivity contribution in [2.45, 2.75) is 25.7 Å². The number of benzene rings is 1.